The number of nitrogens with zero attached hydrogens (tertiary/aromatic N) is 4. The molecule has 5 rings (SSSR count). The number of hydrogen-bond donors (Lipinski definition) is 1. The van der Waals surface area contributed by atoms with Crippen LogP contribution in [0.25, 0.3) is 0 Å². The summed E-state index contributed by atoms with van der Waals surface area (Å²) in [6.07, 6.45) is 3.96. The van der Waals surface area contributed by atoms with Gasteiger partial charge < -0.3 is 19.9 Å². The van der Waals surface area contributed by atoms with Crippen molar-refractivity contribution in [3.05, 3.63) is 29.8 Å². The van der Waals surface area contributed by atoms with Crippen LogP contribution in [0.3, 0.4) is 0 Å². The Morgan fingerprint density at radius 1 is 0.971 bits per heavy atom. The highest BCUT2D eigenvalue weighted by Gasteiger charge is 2.41. The Morgan fingerprint density at radius 2 is 1.76 bits per heavy atom. The number of rotatable bonds is 7. The number of likely N-dealkylation sites (tertiary alicyclic amines) is 1. The molecule has 0 saturated carbocycles. The highest BCUT2D eigenvalue weighted by atomic mass is 16.5. The number of anilines is 1. The highest BCUT2D eigenvalue weighted by molar-refractivity contribution is 5.82. The maximum Gasteiger partial charge on any atom is 0.236 e. The van der Waals surface area contributed by atoms with Gasteiger partial charge in [0.2, 0.25) is 11.8 Å². The van der Waals surface area contributed by atoms with E-state index < -0.39 is 0 Å². The first-order valence-corrected chi connectivity index (χ1v) is 13.1. The lowest BCUT2D eigenvalue weighted by Gasteiger charge is -2.49. The molecule has 4 heterocycles. The molecule has 0 spiro atoms. The van der Waals surface area contributed by atoms with Crippen molar-refractivity contribution in [2.45, 2.75) is 31.7 Å². The largest absolute Gasteiger partial charge is 0.379 e. The zero-order valence-electron chi connectivity index (χ0n) is 20.3. The zero-order valence-corrected chi connectivity index (χ0v) is 20.3. The van der Waals surface area contributed by atoms with E-state index in [-0.39, 0.29) is 23.8 Å². The van der Waals surface area contributed by atoms with Crippen LogP contribution in [0, 0.1) is 5.92 Å². The van der Waals surface area contributed by atoms with Gasteiger partial charge in [-0.2, -0.15) is 0 Å². The fraction of sp³-hybridized carbons (Fsp3) is 0.692. The van der Waals surface area contributed by atoms with Crippen molar-refractivity contribution in [1.82, 2.24) is 20.0 Å². The average molecular weight is 470 g/mol. The Labute approximate surface area is 203 Å². The fourth-order valence-electron chi connectivity index (χ4n) is 5.99. The Balaban J connectivity index is 1.21. The molecule has 0 aromatic heterocycles. The summed E-state index contributed by atoms with van der Waals surface area (Å²) in [5.74, 6) is 0.299. The molecule has 8 heteroatoms. The van der Waals surface area contributed by atoms with Crippen LogP contribution in [0.1, 0.15) is 24.8 Å². The van der Waals surface area contributed by atoms with Crippen LogP contribution in [-0.2, 0) is 20.7 Å². The van der Waals surface area contributed by atoms with Crippen molar-refractivity contribution in [1.29, 1.82) is 0 Å². The molecule has 2 amide bonds. The molecule has 4 aliphatic heterocycles. The third-order valence-corrected chi connectivity index (χ3v) is 7.92. The summed E-state index contributed by atoms with van der Waals surface area (Å²) in [6, 6.07) is 8.61. The van der Waals surface area contributed by atoms with Crippen molar-refractivity contribution in [2.24, 2.45) is 5.92 Å². The third-order valence-electron chi connectivity index (χ3n) is 7.92. The number of morpholine rings is 1. The summed E-state index contributed by atoms with van der Waals surface area (Å²) in [4.78, 5) is 35.3. The summed E-state index contributed by atoms with van der Waals surface area (Å²) < 4.78 is 5.42. The molecule has 1 aromatic carbocycles. The first-order chi connectivity index (χ1) is 16.7. The van der Waals surface area contributed by atoms with Crippen molar-refractivity contribution in [2.75, 3.05) is 83.6 Å². The summed E-state index contributed by atoms with van der Waals surface area (Å²) in [5.41, 5.74) is 2.52. The molecular weight excluding hydrogens is 430 g/mol. The van der Waals surface area contributed by atoms with Gasteiger partial charge in [0.1, 0.15) is 0 Å². The minimum atomic E-state index is -0.0945. The van der Waals surface area contributed by atoms with Gasteiger partial charge in [-0.05, 0) is 43.9 Å². The van der Waals surface area contributed by atoms with Gasteiger partial charge in [0.15, 0.2) is 0 Å². The molecule has 0 aliphatic carbocycles. The van der Waals surface area contributed by atoms with Crippen LogP contribution >= 0.6 is 0 Å². The maximum absolute atomic E-state index is 13.4. The summed E-state index contributed by atoms with van der Waals surface area (Å²) in [5, 5.41) is 3.24. The zero-order chi connectivity index (χ0) is 23.3. The van der Waals surface area contributed by atoms with Gasteiger partial charge in [0.25, 0.3) is 0 Å². The summed E-state index contributed by atoms with van der Waals surface area (Å²) in [7, 11) is 0. The quantitative estimate of drug-likeness (QED) is 0.597. The number of para-hydroxylation sites is 1. The smallest absolute Gasteiger partial charge is 0.236 e. The van der Waals surface area contributed by atoms with Gasteiger partial charge in [-0.1, -0.05) is 18.2 Å². The average Bonchev–Trinajstić information content (AvgIpc) is 3.42. The second-order valence-electron chi connectivity index (χ2n) is 10.1. The van der Waals surface area contributed by atoms with E-state index in [1.807, 2.05) is 4.90 Å². The monoisotopic (exact) mass is 469 g/mol. The predicted molar refractivity (Wildman–Crippen MR) is 132 cm³/mol. The van der Waals surface area contributed by atoms with E-state index in [0.717, 1.165) is 91.3 Å². The van der Waals surface area contributed by atoms with E-state index in [4.69, 9.17) is 4.74 Å². The third kappa shape index (κ3) is 5.39. The lowest BCUT2D eigenvalue weighted by atomic mass is 9.83. The topological polar surface area (TPSA) is 68.4 Å². The molecule has 0 unspecified atom stereocenters. The second kappa shape index (κ2) is 11.1. The number of benzene rings is 1. The molecule has 1 aromatic rings. The minimum absolute atomic E-state index is 0.0945. The van der Waals surface area contributed by atoms with Gasteiger partial charge in [-0.3, -0.25) is 19.4 Å². The first kappa shape index (κ1) is 23.6. The van der Waals surface area contributed by atoms with Crippen LogP contribution in [0.4, 0.5) is 5.69 Å². The molecule has 8 nitrogen and oxygen atoms in total. The number of hydrogen-bond acceptors (Lipinski definition) is 6. The van der Waals surface area contributed by atoms with Crippen LogP contribution in [-0.4, -0.2) is 111 Å². The number of ether oxygens (including phenoxy) is 1. The maximum atomic E-state index is 13.4. The first-order valence-electron chi connectivity index (χ1n) is 13.1. The minimum Gasteiger partial charge on any atom is -0.379 e. The van der Waals surface area contributed by atoms with Crippen molar-refractivity contribution in [3.63, 3.8) is 0 Å². The van der Waals surface area contributed by atoms with Crippen molar-refractivity contribution >= 4 is 17.5 Å². The molecule has 186 valence electrons. The van der Waals surface area contributed by atoms with Crippen molar-refractivity contribution < 1.29 is 14.3 Å². The van der Waals surface area contributed by atoms with Crippen LogP contribution in [0.15, 0.2) is 24.3 Å². The molecule has 0 radical (unpaired) electrons. The van der Waals surface area contributed by atoms with Gasteiger partial charge in [0.05, 0.1) is 31.7 Å². The number of fused-ring (bicyclic) bond motifs is 3. The lowest BCUT2D eigenvalue weighted by molar-refractivity contribution is -0.131. The van der Waals surface area contributed by atoms with E-state index in [0.29, 0.717) is 13.1 Å². The highest BCUT2D eigenvalue weighted by Crippen LogP contribution is 2.36. The van der Waals surface area contributed by atoms with Crippen LogP contribution in [0.2, 0.25) is 0 Å². The fourth-order valence-corrected chi connectivity index (χ4v) is 5.99. The molecule has 2 atom stereocenters. The molecule has 3 fully saturated rings. The van der Waals surface area contributed by atoms with E-state index in [2.05, 4.69) is 44.3 Å². The Hall–Kier alpha value is -2.16. The number of nitrogens with one attached hydrogen (secondary N) is 1. The van der Waals surface area contributed by atoms with E-state index in [1.54, 1.807) is 0 Å². The molecule has 3 saturated heterocycles. The normalized spacial score (nSPS) is 25.6. The SMILES string of the molecule is O=C(NCCCN1CCOCC1)[C@@H]1Cc2ccccc2N2CCN(CC(=O)N3CCCC3)C[C@@H]12. The molecule has 0 bridgehead atoms. The van der Waals surface area contributed by atoms with Crippen LogP contribution < -0.4 is 10.2 Å². The molecule has 1 N–H and O–H groups in total. The van der Waals surface area contributed by atoms with Gasteiger partial charge in [0, 0.05) is 58.0 Å². The van der Waals surface area contributed by atoms with Gasteiger partial charge in [-0.15, -0.1) is 0 Å². The number of amides is 2. The van der Waals surface area contributed by atoms with E-state index in [1.165, 1.54) is 11.3 Å². The number of carbonyl (C=O) groups excluding carboxylic acids is 2. The molecule has 4 aliphatic rings. The van der Waals surface area contributed by atoms with Crippen molar-refractivity contribution in [3.8, 4) is 0 Å². The summed E-state index contributed by atoms with van der Waals surface area (Å²) in [6.45, 7) is 10.0. The number of piperazine rings is 1. The Kier molecular flexibility index (Phi) is 7.67. The van der Waals surface area contributed by atoms with E-state index in [9.17, 15) is 9.59 Å². The standard InChI is InChI=1S/C26H39N5O3/c32-25(30-10-3-4-11-30)20-29-12-13-31-23-7-2-1-6-21(23)18-22(24(31)19-29)26(33)27-8-5-9-28-14-16-34-17-15-28/h1-2,6-7,22,24H,3-5,8-20H2,(H,27,33)/t22-,24+/m1/s1. The van der Waals surface area contributed by atoms with Crippen LogP contribution in [0.5, 0.6) is 0 Å². The molecule has 34 heavy (non-hydrogen) atoms. The Morgan fingerprint density at radius 3 is 2.59 bits per heavy atom. The van der Waals surface area contributed by atoms with Gasteiger partial charge >= 0.3 is 0 Å². The predicted octanol–water partition coefficient (Wildman–Crippen LogP) is 0.810. The molecular formula is C26H39N5O3. The number of carbonyl (C=O) groups is 2. The Bertz CT molecular complexity index is 853. The van der Waals surface area contributed by atoms with Gasteiger partial charge in [-0.25, -0.2) is 0 Å². The summed E-state index contributed by atoms with van der Waals surface area (Å²) >= 11 is 0. The lowest BCUT2D eigenvalue weighted by Crippen LogP contribution is -2.62. The van der Waals surface area contributed by atoms with E-state index >= 15 is 0 Å². The second-order valence-corrected chi connectivity index (χ2v) is 10.1.